The predicted octanol–water partition coefficient (Wildman–Crippen LogP) is 2.45. The summed E-state index contributed by atoms with van der Waals surface area (Å²) in [6.45, 7) is 4.08. The summed E-state index contributed by atoms with van der Waals surface area (Å²) in [4.78, 5) is 11.9. The van der Waals surface area contributed by atoms with Crippen molar-refractivity contribution < 1.29 is 4.79 Å². The molecule has 1 aliphatic rings. The monoisotopic (exact) mass is 282 g/mol. The van der Waals surface area contributed by atoms with Crippen LogP contribution in [0.2, 0.25) is 0 Å². The minimum absolute atomic E-state index is 0. The standard InChI is InChI=1S/C15H22N2O.ClH/c1-3-10(2)14(16)15(18)17-13-9-12(13)11-7-5-4-6-8-11;/h4-8,10,12-14H,3,9,16H2,1-2H3,(H,17,18);1H. The Labute approximate surface area is 121 Å². The molecule has 1 amide bonds. The normalized spacial score (nSPS) is 23.9. The molecule has 0 spiro atoms. The summed E-state index contributed by atoms with van der Waals surface area (Å²) in [6, 6.07) is 10.2. The van der Waals surface area contributed by atoms with Gasteiger partial charge in [-0.2, -0.15) is 0 Å². The van der Waals surface area contributed by atoms with Crippen LogP contribution in [-0.2, 0) is 4.79 Å². The molecule has 0 bridgehead atoms. The molecular formula is C15H23ClN2O. The molecule has 1 fully saturated rings. The Kier molecular flexibility index (Phi) is 5.83. The molecule has 19 heavy (non-hydrogen) atoms. The first-order valence-electron chi connectivity index (χ1n) is 6.74. The first-order valence-corrected chi connectivity index (χ1v) is 6.74. The Balaban J connectivity index is 0.00000180. The van der Waals surface area contributed by atoms with Gasteiger partial charge < -0.3 is 11.1 Å². The van der Waals surface area contributed by atoms with Gasteiger partial charge in [0, 0.05) is 12.0 Å². The van der Waals surface area contributed by atoms with Gasteiger partial charge in [0.1, 0.15) is 0 Å². The number of nitrogens with one attached hydrogen (secondary N) is 1. The number of rotatable bonds is 5. The fourth-order valence-corrected chi connectivity index (χ4v) is 2.21. The van der Waals surface area contributed by atoms with E-state index in [2.05, 4.69) is 24.4 Å². The van der Waals surface area contributed by atoms with E-state index in [9.17, 15) is 4.79 Å². The van der Waals surface area contributed by atoms with E-state index < -0.39 is 0 Å². The average molecular weight is 283 g/mol. The largest absolute Gasteiger partial charge is 0.351 e. The zero-order valence-corrected chi connectivity index (χ0v) is 12.3. The van der Waals surface area contributed by atoms with Gasteiger partial charge in [0.15, 0.2) is 0 Å². The number of hydrogen-bond acceptors (Lipinski definition) is 2. The van der Waals surface area contributed by atoms with Crippen molar-refractivity contribution in [3.63, 3.8) is 0 Å². The van der Waals surface area contributed by atoms with Gasteiger partial charge in [-0.15, -0.1) is 12.4 Å². The topological polar surface area (TPSA) is 55.1 Å². The molecule has 0 radical (unpaired) electrons. The highest BCUT2D eigenvalue weighted by molar-refractivity contribution is 5.85. The molecule has 2 rings (SSSR count). The lowest BCUT2D eigenvalue weighted by Gasteiger charge is -2.17. The molecule has 0 saturated heterocycles. The summed E-state index contributed by atoms with van der Waals surface area (Å²) in [7, 11) is 0. The van der Waals surface area contributed by atoms with E-state index >= 15 is 0 Å². The second kappa shape index (κ2) is 6.92. The second-order valence-electron chi connectivity index (χ2n) is 5.28. The van der Waals surface area contributed by atoms with Crippen LogP contribution in [0.3, 0.4) is 0 Å². The summed E-state index contributed by atoms with van der Waals surface area (Å²) >= 11 is 0. The van der Waals surface area contributed by atoms with Gasteiger partial charge in [0.05, 0.1) is 6.04 Å². The first-order chi connectivity index (χ1) is 8.63. The van der Waals surface area contributed by atoms with E-state index in [-0.39, 0.29) is 36.3 Å². The molecule has 1 aliphatic carbocycles. The molecule has 4 unspecified atom stereocenters. The van der Waals surface area contributed by atoms with E-state index in [0.29, 0.717) is 5.92 Å². The third-order valence-corrected chi connectivity index (χ3v) is 3.91. The number of nitrogens with two attached hydrogens (primary N) is 1. The van der Waals surface area contributed by atoms with Crippen molar-refractivity contribution in [3.8, 4) is 0 Å². The average Bonchev–Trinajstić information content (AvgIpc) is 3.17. The van der Waals surface area contributed by atoms with Crippen molar-refractivity contribution in [1.82, 2.24) is 5.32 Å². The third-order valence-electron chi connectivity index (χ3n) is 3.91. The number of carbonyl (C=O) groups excluding carboxylic acids is 1. The number of amides is 1. The molecule has 1 aromatic carbocycles. The summed E-state index contributed by atoms with van der Waals surface area (Å²) in [6.07, 6.45) is 1.96. The Morgan fingerprint density at radius 1 is 1.42 bits per heavy atom. The van der Waals surface area contributed by atoms with E-state index in [1.165, 1.54) is 5.56 Å². The van der Waals surface area contributed by atoms with E-state index in [4.69, 9.17) is 5.73 Å². The summed E-state index contributed by atoms with van der Waals surface area (Å²) < 4.78 is 0. The van der Waals surface area contributed by atoms with Gasteiger partial charge >= 0.3 is 0 Å². The highest BCUT2D eigenvalue weighted by Crippen LogP contribution is 2.40. The van der Waals surface area contributed by atoms with Crippen molar-refractivity contribution in [2.45, 2.75) is 44.7 Å². The fourth-order valence-electron chi connectivity index (χ4n) is 2.21. The Morgan fingerprint density at radius 2 is 2.05 bits per heavy atom. The van der Waals surface area contributed by atoms with Crippen LogP contribution in [-0.4, -0.2) is 18.0 Å². The molecule has 0 heterocycles. The summed E-state index contributed by atoms with van der Waals surface area (Å²) in [5.41, 5.74) is 7.22. The van der Waals surface area contributed by atoms with Gasteiger partial charge in [0.2, 0.25) is 5.91 Å². The fraction of sp³-hybridized carbons (Fsp3) is 0.533. The molecule has 3 nitrogen and oxygen atoms in total. The number of halogens is 1. The maximum absolute atomic E-state index is 11.9. The number of hydrogen-bond donors (Lipinski definition) is 2. The minimum atomic E-state index is -0.382. The maximum Gasteiger partial charge on any atom is 0.237 e. The molecule has 1 saturated carbocycles. The number of carbonyl (C=O) groups is 1. The zero-order chi connectivity index (χ0) is 13.1. The summed E-state index contributed by atoms with van der Waals surface area (Å²) in [5.74, 6) is 0.700. The Hall–Kier alpha value is -1.06. The van der Waals surface area contributed by atoms with Crippen LogP contribution in [0.4, 0.5) is 0 Å². The Bertz CT molecular complexity index is 410. The highest BCUT2D eigenvalue weighted by atomic mass is 35.5. The maximum atomic E-state index is 11.9. The minimum Gasteiger partial charge on any atom is -0.351 e. The highest BCUT2D eigenvalue weighted by Gasteiger charge is 2.40. The van der Waals surface area contributed by atoms with E-state index in [1.807, 2.05) is 25.1 Å². The predicted molar refractivity (Wildman–Crippen MR) is 80.4 cm³/mol. The van der Waals surface area contributed by atoms with Crippen LogP contribution < -0.4 is 11.1 Å². The van der Waals surface area contributed by atoms with Crippen LogP contribution in [0.1, 0.15) is 38.2 Å². The molecule has 106 valence electrons. The molecule has 0 aromatic heterocycles. The van der Waals surface area contributed by atoms with Crippen molar-refractivity contribution in [2.75, 3.05) is 0 Å². The van der Waals surface area contributed by atoms with E-state index in [1.54, 1.807) is 0 Å². The van der Waals surface area contributed by atoms with Crippen LogP contribution in [0, 0.1) is 5.92 Å². The smallest absolute Gasteiger partial charge is 0.237 e. The van der Waals surface area contributed by atoms with Gasteiger partial charge in [-0.25, -0.2) is 0 Å². The molecule has 4 atom stereocenters. The molecular weight excluding hydrogens is 260 g/mol. The third kappa shape index (κ3) is 3.95. The van der Waals surface area contributed by atoms with Gasteiger partial charge in [-0.1, -0.05) is 50.6 Å². The lowest BCUT2D eigenvalue weighted by Crippen LogP contribution is -2.45. The van der Waals surface area contributed by atoms with Gasteiger partial charge in [0.25, 0.3) is 0 Å². The second-order valence-corrected chi connectivity index (χ2v) is 5.28. The molecule has 4 heteroatoms. The van der Waals surface area contributed by atoms with E-state index in [0.717, 1.165) is 12.8 Å². The Morgan fingerprint density at radius 3 is 2.63 bits per heavy atom. The van der Waals surface area contributed by atoms with Gasteiger partial charge in [-0.05, 0) is 17.9 Å². The van der Waals surface area contributed by atoms with Gasteiger partial charge in [-0.3, -0.25) is 4.79 Å². The SMILES string of the molecule is CCC(C)C(N)C(=O)NC1CC1c1ccccc1.Cl. The van der Waals surface area contributed by atoms with Crippen molar-refractivity contribution in [3.05, 3.63) is 35.9 Å². The van der Waals surface area contributed by atoms with Crippen molar-refractivity contribution in [1.29, 1.82) is 0 Å². The van der Waals surface area contributed by atoms with Crippen molar-refractivity contribution >= 4 is 18.3 Å². The summed E-state index contributed by atoms with van der Waals surface area (Å²) in [5, 5.41) is 3.05. The zero-order valence-electron chi connectivity index (χ0n) is 11.5. The van der Waals surface area contributed by atoms with Crippen LogP contribution in [0.5, 0.6) is 0 Å². The lowest BCUT2D eigenvalue weighted by atomic mass is 9.99. The molecule has 3 N–H and O–H groups in total. The lowest BCUT2D eigenvalue weighted by molar-refractivity contribution is -0.123. The van der Waals surface area contributed by atoms with Crippen LogP contribution in [0.15, 0.2) is 30.3 Å². The number of benzene rings is 1. The molecule has 0 aliphatic heterocycles. The molecule has 1 aromatic rings. The quantitative estimate of drug-likeness (QED) is 0.872. The first kappa shape index (κ1) is 16.0. The van der Waals surface area contributed by atoms with Crippen molar-refractivity contribution in [2.24, 2.45) is 11.7 Å². The van der Waals surface area contributed by atoms with Crippen LogP contribution in [0.25, 0.3) is 0 Å². The van der Waals surface area contributed by atoms with Crippen LogP contribution >= 0.6 is 12.4 Å².